The fourth-order valence-corrected chi connectivity index (χ4v) is 17.8. The Bertz CT molecular complexity index is 5040. The lowest BCUT2D eigenvalue weighted by molar-refractivity contribution is 0.0900. The minimum absolute atomic E-state index is 0.257. The fourth-order valence-electron chi connectivity index (χ4n) is 17.8. The molecule has 15 aromatic rings. The second-order valence-corrected chi connectivity index (χ2v) is 26.6. The standard InChI is InChI=1S/C87H62BN3O2/c1-5-21-56(22-6-1)65-31-17-32-66(57-23-7-2-8-24-57)84(65)90-77-43-41-60(69-35-19-37-73-71-29-13-15-39-81(71)92-86(69)73)50-75(77)88-76-51-61(70-36-20-38-74-72-30-14-16-40-82(72)93-87(70)74)42-44-78(76)91(85-67(58-25-9-3-10-26-58)33-18-34-68(85)59-27-11-4-12-28-59)80-53-64(52-79(90)83(80)88)89-62-46-54-45-55(48-62)49-63(89)47-54/h1-44,50-55,62-63H,45-49H2. The van der Waals surface area contributed by atoms with Crippen molar-refractivity contribution in [1.29, 1.82) is 0 Å². The largest absolute Gasteiger partial charge is 0.455 e. The van der Waals surface area contributed by atoms with Gasteiger partial charge in [0.1, 0.15) is 22.3 Å². The summed E-state index contributed by atoms with van der Waals surface area (Å²) in [5.41, 5.74) is 29.2. The predicted molar refractivity (Wildman–Crippen MR) is 388 cm³/mol. The van der Waals surface area contributed by atoms with Crippen LogP contribution in [0.1, 0.15) is 32.1 Å². The van der Waals surface area contributed by atoms with Crippen LogP contribution in [0, 0.1) is 11.8 Å². The second-order valence-electron chi connectivity index (χ2n) is 26.6. The van der Waals surface area contributed by atoms with Crippen LogP contribution < -0.4 is 31.1 Å². The number of nitrogens with zero attached hydrogens (tertiary/aromatic N) is 3. The third-order valence-electron chi connectivity index (χ3n) is 21.5. The quantitative estimate of drug-likeness (QED) is 0.135. The Labute approximate surface area is 541 Å². The highest BCUT2D eigenvalue weighted by Crippen LogP contribution is 2.57. The summed E-state index contributed by atoms with van der Waals surface area (Å²) >= 11 is 0. The molecular weight excluding hydrogens is 1130 g/mol. The van der Waals surface area contributed by atoms with Crippen LogP contribution in [0.3, 0.4) is 0 Å². The summed E-state index contributed by atoms with van der Waals surface area (Å²) in [7, 11) is 0. The van der Waals surface area contributed by atoms with E-state index in [1.54, 1.807) is 0 Å². The van der Waals surface area contributed by atoms with E-state index < -0.39 is 0 Å². The molecule has 0 N–H and O–H groups in total. The highest BCUT2D eigenvalue weighted by Gasteiger charge is 2.50. The van der Waals surface area contributed by atoms with Gasteiger partial charge in [0.2, 0.25) is 0 Å². The molecule has 4 aliphatic heterocycles. The molecular formula is C87H62BN3O2. The number of para-hydroxylation sites is 6. The molecule has 21 rings (SSSR count). The summed E-state index contributed by atoms with van der Waals surface area (Å²) in [6.45, 7) is -0.257. The summed E-state index contributed by atoms with van der Waals surface area (Å²) in [5, 5.41) is 4.46. The maximum absolute atomic E-state index is 6.96. The van der Waals surface area contributed by atoms with Gasteiger partial charge >= 0.3 is 0 Å². The van der Waals surface area contributed by atoms with Gasteiger partial charge in [-0.25, -0.2) is 0 Å². The average molecular weight is 1190 g/mol. The molecule has 6 heteroatoms. The molecule has 4 bridgehead atoms. The smallest absolute Gasteiger partial charge is 0.252 e. The van der Waals surface area contributed by atoms with Crippen molar-refractivity contribution in [3.63, 3.8) is 0 Å². The Balaban J connectivity index is 0.950. The summed E-state index contributed by atoms with van der Waals surface area (Å²) in [6, 6.07) is 110. The molecule has 93 heavy (non-hydrogen) atoms. The lowest BCUT2D eigenvalue weighted by Gasteiger charge is -2.58. The molecule has 2 saturated heterocycles. The molecule has 6 aliphatic rings. The van der Waals surface area contributed by atoms with E-state index in [0.717, 1.165) is 123 Å². The maximum atomic E-state index is 6.96. The van der Waals surface area contributed by atoms with Gasteiger partial charge in [-0.05, 0) is 130 Å². The van der Waals surface area contributed by atoms with Crippen molar-refractivity contribution < 1.29 is 8.83 Å². The number of benzene rings is 13. The summed E-state index contributed by atoms with van der Waals surface area (Å²) in [6.07, 6.45) is 6.35. The summed E-state index contributed by atoms with van der Waals surface area (Å²) in [4.78, 5) is 8.35. The summed E-state index contributed by atoms with van der Waals surface area (Å²) < 4.78 is 13.9. The fraction of sp³-hybridized carbons (Fsp3) is 0.103. The van der Waals surface area contributed by atoms with E-state index in [-0.39, 0.29) is 6.71 Å². The monoisotopic (exact) mass is 1190 g/mol. The van der Waals surface area contributed by atoms with Crippen molar-refractivity contribution in [2.45, 2.75) is 44.2 Å². The van der Waals surface area contributed by atoms with Crippen LogP contribution in [-0.4, -0.2) is 18.8 Å². The first-order chi connectivity index (χ1) is 46.1. The van der Waals surface area contributed by atoms with Crippen LogP contribution in [0.15, 0.2) is 300 Å². The molecule has 440 valence electrons. The van der Waals surface area contributed by atoms with Gasteiger partial charge in [-0.1, -0.05) is 255 Å². The Kier molecular flexibility index (Phi) is 11.7. The van der Waals surface area contributed by atoms with E-state index >= 15 is 0 Å². The van der Waals surface area contributed by atoms with Crippen molar-refractivity contribution in [2.75, 3.05) is 14.7 Å². The molecule has 0 unspecified atom stereocenters. The van der Waals surface area contributed by atoms with Crippen molar-refractivity contribution in [1.82, 2.24) is 0 Å². The van der Waals surface area contributed by atoms with Crippen molar-refractivity contribution in [3.8, 4) is 66.8 Å². The van der Waals surface area contributed by atoms with Crippen LogP contribution in [-0.2, 0) is 0 Å². The molecule has 2 saturated carbocycles. The van der Waals surface area contributed by atoms with E-state index in [0.29, 0.717) is 12.1 Å². The molecule has 13 aromatic carbocycles. The predicted octanol–water partition coefficient (Wildman–Crippen LogP) is 21.3. The summed E-state index contributed by atoms with van der Waals surface area (Å²) in [5.74, 6) is 1.57. The van der Waals surface area contributed by atoms with Gasteiger partial charge in [-0.2, -0.15) is 0 Å². The molecule has 0 radical (unpaired) electrons. The highest BCUT2D eigenvalue weighted by atomic mass is 16.3. The zero-order chi connectivity index (χ0) is 60.8. The van der Waals surface area contributed by atoms with Gasteiger partial charge in [0.05, 0.1) is 11.4 Å². The topological polar surface area (TPSA) is 36.0 Å². The minimum Gasteiger partial charge on any atom is -0.455 e. The zero-order valence-corrected chi connectivity index (χ0v) is 51.3. The molecule has 0 spiro atoms. The van der Waals surface area contributed by atoms with Gasteiger partial charge in [0.25, 0.3) is 6.71 Å². The first kappa shape index (κ1) is 52.7. The number of furan rings is 2. The number of hydrogen-bond donors (Lipinski definition) is 0. The van der Waals surface area contributed by atoms with Crippen LogP contribution in [0.5, 0.6) is 0 Å². The van der Waals surface area contributed by atoms with Crippen molar-refractivity contribution in [2.24, 2.45) is 11.8 Å². The Morgan fingerprint density at radius 2 is 0.645 bits per heavy atom. The molecule has 0 amide bonds. The van der Waals surface area contributed by atoms with Gasteiger partial charge in [-0.15, -0.1) is 0 Å². The van der Waals surface area contributed by atoms with Gasteiger partial charge < -0.3 is 23.5 Å². The third-order valence-corrected chi connectivity index (χ3v) is 21.5. The molecule has 0 atom stereocenters. The Hall–Kier alpha value is -11.1. The van der Waals surface area contributed by atoms with Crippen molar-refractivity contribution >= 4 is 107 Å². The highest BCUT2D eigenvalue weighted by molar-refractivity contribution is 7.00. The third kappa shape index (κ3) is 8.14. The lowest BCUT2D eigenvalue weighted by atomic mass is 9.33. The average Bonchev–Trinajstić information content (AvgIpc) is 1.41. The number of anilines is 7. The van der Waals surface area contributed by atoms with E-state index in [1.807, 2.05) is 0 Å². The molecule has 4 fully saturated rings. The van der Waals surface area contributed by atoms with Crippen LogP contribution in [0.25, 0.3) is 111 Å². The maximum Gasteiger partial charge on any atom is 0.252 e. The van der Waals surface area contributed by atoms with Gasteiger partial charge in [0, 0.05) is 95.4 Å². The SMILES string of the molecule is c1ccc(-c2cccc(-c3ccccc3)c2N2c3ccc(-c4cccc5c4oc4ccccc45)cc3B3c4cc(-c5cccc6c5oc5ccccc56)ccc4N(c4c(-c5ccccc5)cccc4-c4ccccc4)c4cc(N5C6CC7CC(C6)CC5C7)cc2c43)cc1. The number of hydrogen-bond acceptors (Lipinski definition) is 5. The van der Waals surface area contributed by atoms with Gasteiger partial charge in [0.15, 0.2) is 0 Å². The van der Waals surface area contributed by atoms with Crippen LogP contribution in [0.2, 0.25) is 0 Å². The van der Waals surface area contributed by atoms with Crippen molar-refractivity contribution in [3.05, 3.63) is 291 Å². The molecule has 2 aliphatic carbocycles. The molecule has 6 heterocycles. The number of rotatable bonds is 9. The Morgan fingerprint density at radius 1 is 0.290 bits per heavy atom. The molecule has 5 nitrogen and oxygen atoms in total. The van der Waals surface area contributed by atoms with E-state index in [4.69, 9.17) is 8.83 Å². The van der Waals surface area contributed by atoms with E-state index in [1.165, 1.54) is 87.8 Å². The first-order valence-electron chi connectivity index (χ1n) is 33.3. The first-order valence-corrected chi connectivity index (χ1v) is 33.3. The molecule has 2 aromatic heterocycles. The van der Waals surface area contributed by atoms with Crippen LogP contribution >= 0.6 is 0 Å². The number of piperidine rings is 2. The van der Waals surface area contributed by atoms with E-state index in [2.05, 4.69) is 306 Å². The number of fused-ring (bicyclic) bond motifs is 10. The zero-order valence-electron chi connectivity index (χ0n) is 51.3. The second kappa shape index (κ2) is 20.7. The minimum atomic E-state index is -0.257. The lowest BCUT2D eigenvalue weighted by Crippen LogP contribution is -2.62. The normalized spacial score (nSPS) is 17.6. The van der Waals surface area contributed by atoms with E-state index in [9.17, 15) is 0 Å². The van der Waals surface area contributed by atoms with Crippen LogP contribution in [0.4, 0.5) is 39.8 Å². The Morgan fingerprint density at radius 3 is 1.05 bits per heavy atom. The van der Waals surface area contributed by atoms with Gasteiger partial charge in [-0.3, -0.25) is 0 Å².